The molecule has 1 aliphatic rings. The van der Waals surface area contributed by atoms with E-state index in [2.05, 4.69) is 21.9 Å². The Morgan fingerprint density at radius 1 is 1.19 bits per heavy atom. The zero-order valence-electron chi connectivity index (χ0n) is 26.8. The Bertz CT molecular complexity index is 2160. The average molecular weight is 655 g/mol. The van der Waals surface area contributed by atoms with Gasteiger partial charge in [0.15, 0.2) is 10.8 Å². The number of nitrogens with two attached hydrogens (primary N) is 1. The maximum Gasteiger partial charge on any atom is 0.271 e. The summed E-state index contributed by atoms with van der Waals surface area (Å²) in [5.41, 5.74) is 8.39. The SMILES string of the molecule is C=CC(=O)N1CCN(c2c(C(=O)NC)c(=O)n(-c3c(C)ccnc3C(C)C)c3nc(-c4cccc5sc(N)nc45)c(F)cc23)C[C@H]1C. The summed E-state index contributed by atoms with van der Waals surface area (Å²) in [5, 5.41) is 3.21. The summed E-state index contributed by atoms with van der Waals surface area (Å²) in [6, 6.07) is 8.17. The van der Waals surface area contributed by atoms with E-state index < -0.39 is 17.3 Å². The molecule has 1 fully saturated rings. The van der Waals surface area contributed by atoms with Crippen molar-refractivity contribution in [3.05, 3.63) is 82.2 Å². The number of halogens is 1. The average Bonchev–Trinajstić information content (AvgIpc) is 3.44. The Kier molecular flexibility index (Phi) is 8.26. The van der Waals surface area contributed by atoms with E-state index in [1.54, 1.807) is 29.3 Å². The first-order chi connectivity index (χ1) is 22.5. The van der Waals surface area contributed by atoms with Crippen LogP contribution in [0.25, 0.3) is 38.2 Å². The molecule has 1 aliphatic heterocycles. The lowest BCUT2D eigenvalue weighted by atomic mass is 10.0. The fraction of sp³-hybridized carbons (Fsp3) is 0.294. The Morgan fingerprint density at radius 2 is 1.96 bits per heavy atom. The summed E-state index contributed by atoms with van der Waals surface area (Å²) in [7, 11) is 1.44. The van der Waals surface area contributed by atoms with Crippen LogP contribution in [0.3, 0.4) is 0 Å². The summed E-state index contributed by atoms with van der Waals surface area (Å²) in [6.45, 7) is 12.1. The number of benzene rings is 1. The van der Waals surface area contributed by atoms with Crippen molar-refractivity contribution in [3.63, 3.8) is 0 Å². The van der Waals surface area contributed by atoms with Crippen LogP contribution in [0.1, 0.15) is 48.3 Å². The lowest BCUT2D eigenvalue weighted by Crippen LogP contribution is -2.54. The second kappa shape index (κ2) is 12.2. The van der Waals surface area contributed by atoms with Crippen LogP contribution in [-0.4, -0.2) is 69.0 Å². The molecular weight excluding hydrogens is 619 g/mol. The third-order valence-corrected chi connectivity index (χ3v) is 9.40. The highest BCUT2D eigenvalue weighted by molar-refractivity contribution is 7.22. The molecule has 6 rings (SSSR count). The second-order valence-electron chi connectivity index (χ2n) is 11.9. The molecule has 0 bridgehead atoms. The Labute approximate surface area is 274 Å². The van der Waals surface area contributed by atoms with Crippen LogP contribution >= 0.6 is 11.3 Å². The van der Waals surface area contributed by atoms with Gasteiger partial charge in [0.05, 0.1) is 27.3 Å². The molecule has 47 heavy (non-hydrogen) atoms. The van der Waals surface area contributed by atoms with E-state index in [4.69, 9.17) is 10.7 Å². The number of amides is 2. The van der Waals surface area contributed by atoms with Crippen molar-refractivity contribution in [1.29, 1.82) is 0 Å². The number of carbonyl (C=O) groups excluding carboxylic acids is 2. The quantitative estimate of drug-likeness (QED) is 0.249. The summed E-state index contributed by atoms with van der Waals surface area (Å²) in [4.78, 5) is 58.5. The number of thiazole rings is 1. The minimum atomic E-state index is -0.661. The molecule has 0 radical (unpaired) electrons. The predicted octanol–water partition coefficient (Wildman–Crippen LogP) is 4.79. The zero-order chi connectivity index (χ0) is 33.7. The van der Waals surface area contributed by atoms with Gasteiger partial charge in [-0.1, -0.05) is 43.9 Å². The van der Waals surface area contributed by atoms with Gasteiger partial charge in [0.25, 0.3) is 11.5 Å². The molecule has 0 saturated carbocycles. The van der Waals surface area contributed by atoms with Crippen LogP contribution in [0.4, 0.5) is 15.2 Å². The molecule has 0 aliphatic carbocycles. The van der Waals surface area contributed by atoms with E-state index >= 15 is 4.39 Å². The fourth-order valence-corrected chi connectivity index (χ4v) is 7.13. The number of piperazine rings is 1. The minimum absolute atomic E-state index is 0.0115. The molecule has 5 aromatic rings. The maximum atomic E-state index is 16.5. The molecule has 0 spiro atoms. The van der Waals surface area contributed by atoms with Gasteiger partial charge in [0.2, 0.25) is 5.91 Å². The monoisotopic (exact) mass is 654 g/mol. The lowest BCUT2D eigenvalue weighted by molar-refractivity contribution is -0.128. The molecule has 4 aromatic heterocycles. The third kappa shape index (κ3) is 5.29. The highest BCUT2D eigenvalue weighted by atomic mass is 32.1. The summed E-state index contributed by atoms with van der Waals surface area (Å²) >= 11 is 1.28. The molecule has 1 atom stereocenters. The lowest BCUT2D eigenvalue weighted by Gasteiger charge is -2.41. The van der Waals surface area contributed by atoms with Crippen molar-refractivity contribution in [3.8, 4) is 16.9 Å². The molecule has 1 aromatic carbocycles. The smallest absolute Gasteiger partial charge is 0.271 e. The van der Waals surface area contributed by atoms with Crippen LogP contribution < -0.4 is 21.5 Å². The van der Waals surface area contributed by atoms with Gasteiger partial charge in [-0.25, -0.2) is 14.4 Å². The normalized spacial score (nSPS) is 15.1. The second-order valence-corrected chi connectivity index (χ2v) is 12.9. The summed E-state index contributed by atoms with van der Waals surface area (Å²) in [5.74, 6) is -1.60. The fourth-order valence-electron chi connectivity index (χ4n) is 6.37. The van der Waals surface area contributed by atoms with Crippen molar-refractivity contribution < 1.29 is 14.0 Å². The van der Waals surface area contributed by atoms with E-state index in [-0.39, 0.29) is 58.9 Å². The molecular formula is C34H35FN8O3S. The Morgan fingerprint density at radius 3 is 2.64 bits per heavy atom. The predicted molar refractivity (Wildman–Crippen MR) is 184 cm³/mol. The Hall–Kier alpha value is -5.17. The molecule has 3 N–H and O–H groups in total. The molecule has 13 heteroatoms. The van der Waals surface area contributed by atoms with Gasteiger partial charge in [0, 0.05) is 49.9 Å². The first-order valence-corrected chi connectivity index (χ1v) is 16.1. The van der Waals surface area contributed by atoms with Gasteiger partial charge in [0.1, 0.15) is 17.1 Å². The minimum Gasteiger partial charge on any atom is -0.375 e. The number of fused-ring (bicyclic) bond motifs is 2. The third-order valence-electron chi connectivity index (χ3n) is 8.55. The van der Waals surface area contributed by atoms with Gasteiger partial charge in [-0.15, -0.1) is 0 Å². The van der Waals surface area contributed by atoms with Crippen LogP contribution in [0, 0.1) is 12.7 Å². The van der Waals surface area contributed by atoms with Gasteiger partial charge in [-0.05, 0) is 49.6 Å². The number of rotatable bonds is 6. The summed E-state index contributed by atoms with van der Waals surface area (Å²) < 4.78 is 18.7. The van der Waals surface area contributed by atoms with Gasteiger partial charge in [-0.2, -0.15) is 0 Å². The molecule has 11 nitrogen and oxygen atoms in total. The molecule has 1 saturated heterocycles. The van der Waals surface area contributed by atoms with Crippen molar-refractivity contribution in [2.24, 2.45) is 0 Å². The zero-order valence-corrected chi connectivity index (χ0v) is 27.6. The van der Waals surface area contributed by atoms with Crippen LogP contribution in [0.2, 0.25) is 0 Å². The number of nitrogens with one attached hydrogen (secondary N) is 1. The maximum absolute atomic E-state index is 16.5. The topological polar surface area (TPSA) is 139 Å². The largest absolute Gasteiger partial charge is 0.375 e. The highest BCUT2D eigenvalue weighted by Gasteiger charge is 2.34. The van der Waals surface area contributed by atoms with Gasteiger partial charge in [-0.3, -0.25) is 23.9 Å². The van der Waals surface area contributed by atoms with E-state index in [0.717, 1.165) is 10.3 Å². The van der Waals surface area contributed by atoms with Gasteiger partial charge >= 0.3 is 0 Å². The number of aryl methyl sites for hydroxylation is 1. The van der Waals surface area contributed by atoms with E-state index in [0.29, 0.717) is 34.1 Å². The van der Waals surface area contributed by atoms with Crippen molar-refractivity contribution in [2.45, 2.75) is 39.7 Å². The number of carbonyl (C=O) groups is 2. The standard InChI is InChI=1S/C34H35FN8O3S/c1-7-24(44)42-14-13-41(16-19(42)5)30-21-15-22(35)27(20-9-8-10-23-28(20)40-34(36)47-23)39-31(21)43(33(46)25(30)32(45)37-6)29-18(4)11-12-38-26(29)17(2)3/h7-12,15,17,19H,1,13-14,16H2,2-6H3,(H2,36,40)(H,37,45)/t19-/m1/s1. The van der Waals surface area contributed by atoms with Crippen LogP contribution in [0.15, 0.2) is 54.0 Å². The number of para-hydroxylation sites is 1. The van der Waals surface area contributed by atoms with Crippen molar-refractivity contribution in [1.82, 2.24) is 29.7 Å². The number of nitrogen functional groups attached to an aromatic ring is 1. The first-order valence-electron chi connectivity index (χ1n) is 15.3. The molecule has 0 unspecified atom stereocenters. The van der Waals surface area contributed by atoms with E-state index in [1.807, 2.05) is 38.7 Å². The summed E-state index contributed by atoms with van der Waals surface area (Å²) in [6.07, 6.45) is 2.94. The van der Waals surface area contributed by atoms with Crippen LogP contribution in [0.5, 0.6) is 0 Å². The number of nitrogens with zero attached hydrogens (tertiary/aromatic N) is 6. The number of anilines is 2. The number of hydrogen-bond donors (Lipinski definition) is 2. The molecule has 5 heterocycles. The van der Waals surface area contributed by atoms with E-state index in [9.17, 15) is 14.4 Å². The number of hydrogen-bond acceptors (Lipinski definition) is 9. The number of aromatic nitrogens is 4. The Balaban J connectivity index is 1.74. The molecule has 2 amide bonds. The van der Waals surface area contributed by atoms with Gasteiger partial charge < -0.3 is 20.9 Å². The number of pyridine rings is 3. The van der Waals surface area contributed by atoms with Crippen molar-refractivity contribution >= 4 is 55.2 Å². The van der Waals surface area contributed by atoms with E-state index in [1.165, 1.54) is 35.1 Å². The molecule has 242 valence electrons. The highest BCUT2D eigenvalue weighted by Crippen LogP contribution is 2.38. The van der Waals surface area contributed by atoms with Crippen molar-refractivity contribution in [2.75, 3.05) is 37.3 Å². The van der Waals surface area contributed by atoms with Crippen LogP contribution in [-0.2, 0) is 4.79 Å². The first kappa shape index (κ1) is 31.8.